The highest BCUT2D eigenvalue weighted by molar-refractivity contribution is 5.54. The van der Waals surface area contributed by atoms with Crippen LogP contribution in [0.25, 0.3) is 0 Å². The minimum atomic E-state index is -0.171. The number of rotatable bonds is 6. The van der Waals surface area contributed by atoms with Gasteiger partial charge in [-0.25, -0.2) is 5.90 Å². The van der Waals surface area contributed by atoms with Crippen LogP contribution in [0.1, 0.15) is 32.4 Å². The van der Waals surface area contributed by atoms with Crippen molar-refractivity contribution in [2.45, 2.75) is 26.9 Å². The van der Waals surface area contributed by atoms with Crippen molar-refractivity contribution in [2.75, 3.05) is 25.1 Å². The third kappa shape index (κ3) is 3.11. The van der Waals surface area contributed by atoms with Crippen LogP contribution in [0.3, 0.4) is 0 Å². The third-order valence-electron chi connectivity index (χ3n) is 2.99. The molecule has 4 heteroatoms. The SMILES string of the molecule is CCN(CC)c1ccc(C(C)ON)c(OC)c1. The van der Waals surface area contributed by atoms with Gasteiger partial charge < -0.3 is 9.64 Å². The first-order valence-electron chi connectivity index (χ1n) is 5.96. The number of nitrogens with two attached hydrogens (primary N) is 1. The molecule has 4 nitrogen and oxygen atoms in total. The topological polar surface area (TPSA) is 47.7 Å². The molecule has 0 amide bonds. The zero-order valence-corrected chi connectivity index (χ0v) is 11.1. The van der Waals surface area contributed by atoms with E-state index in [4.69, 9.17) is 15.5 Å². The molecule has 0 aliphatic carbocycles. The molecule has 17 heavy (non-hydrogen) atoms. The number of methoxy groups -OCH3 is 1. The number of ether oxygens (including phenoxy) is 1. The van der Waals surface area contributed by atoms with Crippen LogP contribution in [-0.4, -0.2) is 20.2 Å². The average molecular weight is 238 g/mol. The Hall–Kier alpha value is -1.26. The standard InChI is InChI=1S/C13H22N2O2/c1-5-15(6-2)11-7-8-12(10(3)17-14)13(9-11)16-4/h7-10H,5-6,14H2,1-4H3. The molecule has 1 unspecified atom stereocenters. The summed E-state index contributed by atoms with van der Waals surface area (Å²) in [6.45, 7) is 8.11. The van der Waals surface area contributed by atoms with Crippen LogP contribution < -0.4 is 15.5 Å². The molecule has 0 bridgehead atoms. The normalized spacial score (nSPS) is 12.3. The summed E-state index contributed by atoms with van der Waals surface area (Å²) in [4.78, 5) is 7.10. The lowest BCUT2D eigenvalue weighted by Crippen LogP contribution is -2.21. The minimum absolute atomic E-state index is 0.171. The highest BCUT2D eigenvalue weighted by Crippen LogP contribution is 2.30. The molecule has 0 fully saturated rings. The lowest BCUT2D eigenvalue weighted by Gasteiger charge is -2.23. The largest absolute Gasteiger partial charge is 0.496 e. The second kappa shape index (κ2) is 6.47. The monoisotopic (exact) mass is 238 g/mol. The summed E-state index contributed by atoms with van der Waals surface area (Å²) in [6.07, 6.45) is -0.171. The molecule has 96 valence electrons. The number of hydrogen-bond acceptors (Lipinski definition) is 4. The van der Waals surface area contributed by atoms with Gasteiger partial charge in [0.05, 0.1) is 7.11 Å². The second-order valence-corrected chi connectivity index (χ2v) is 3.88. The van der Waals surface area contributed by atoms with E-state index in [1.54, 1.807) is 7.11 Å². The molecular weight excluding hydrogens is 216 g/mol. The van der Waals surface area contributed by atoms with Crippen LogP contribution in [0.4, 0.5) is 5.69 Å². The van der Waals surface area contributed by atoms with E-state index < -0.39 is 0 Å². The molecule has 1 aromatic rings. The number of benzene rings is 1. The Balaban J connectivity index is 3.07. The van der Waals surface area contributed by atoms with Gasteiger partial charge in [0.2, 0.25) is 0 Å². The molecule has 1 aromatic carbocycles. The molecule has 0 spiro atoms. The molecule has 0 radical (unpaired) electrons. The molecule has 1 atom stereocenters. The van der Waals surface area contributed by atoms with Crippen LogP contribution in [-0.2, 0) is 4.84 Å². The quantitative estimate of drug-likeness (QED) is 0.773. The first kappa shape index (κ1) is 13.8. The van der Waals surface area contributed by atoms with E-state index in [0.29, 0.717) is 0 Å². The van der Waals surface area contributed by atoms with Gasteiger partial charge in [-0.2, -0.15) is 0 Å². The fraction of sp³-hybridized carbons (Fsp3) is 0.538. The molecule has 2 N–H and O–H groups in total. The van der Waals surface area contributed by atoms with Gasteiger partial charge in [0.25, 0.3) is 0 Å². The van der Waals surface area contributed by atoms with E-state index in [0.717, 1.165) is 30.1 Å². The minimum Gasteiger partial charge on any atom is -0.496 e. The maximum Gasteiger partial charge on any atom is 0.126 e. The van der Waals surface area contributed by atoms with Crippen molar-refractivity contribution in [3.63, 3.8) is 0 Å². The van der Waals surface area contributed by atoms with E-state index in [1.165, 1.54) is 0 Å². The molecule has 0 aliphatic heterocycles. The number of anilines is 1. The van der Waals surface area contributed by atoms with E-state index in [1.807, 2.05) is 19.1 Å². The van der Waals surface area contributed by atoms with E-state index >= 15 is 0 Å². The van der Waals surface area contributed by atoms with Crippen molar-refractivity contribution >= 4 is 5.69 Å². The van der Waals surface area contributed by atoms with Gasteiger partial charge in [0.1, 0.15) is 11.9 Å². The summed E-state index contributed by atoms with van der Waals surface area (Å²) >= 11 is 0. The smallest absolute Gasteiger partial charge is 0.126 e. The average Bonchev–Trinajstić information content (AvgIpc) is 2.39. The Bertz CT molecular complexity index is 351. The highest BCUT2D eigenvalue weighted by atomic mass is 16.6. The molecule has 0 aliphatic rings. The molecule has 0 aromatic heterocycles. The fourth-order valence-electron chi connectivity index (χ4n) is 1.89. The van der Waals surface area contributed by atoms with Crippen LogP contribution in [0.15, 0.2) is 18.2 Å². The van der Waals surface area contributed by atoms with Crippen LogP contribution in [0.2, 0.25) is 0 Å². The van der Waals surface area contributed by atoms with Gasteiger partial charge in [0, 0.05) is 30.4 Å². The molecular formula is C13H22N2O2. The highest BCUT2D eigenvalue weighted by Gasteiger charge is 2.13. The molecule has 0 saturated carbocycles. The summed E-state index contributed by atoms with van der Waals surface area (Å²) in [5, 5.41) is 0. The van der Waals surface area contributed by atoms with Crippen molar-refractivity contribution in [2.24, 2.45) is 5.90 Å². The number of hydrogen-bond donors (Lipinski definition) is 1. The zero-order chi connectivity index (χ0) is 12.8. The maximum atomic E-state index is 5.39. The summed E-state index contributed by atoms with van der Waals surface area (Å²) in [5.41, 5.74) is 2.12. The third-order valence-corrected chi connectivity index (χ3v) is 2.99. The summed E-state index contributed by atoms with van der Waals surface area (Å²) in [7, 11) is 1.66. The lowest BCUT2D eigenvalue weighted by atomic mass is 10.1. The van der Waals surface area contributed by atoms with Gasteiger partial charge in [-0.05, 0) is 26.8 Å². The lowest BCUT2D eigenvalue weighted by molar-refractivity contribution is 0.0646. The Morgan fingerprint density at radius 2 is 1.94 bits per heavy atom. The summed E-state index contributed by atoms with van der Waals surface area (Å²) < 4.78 is 5.39. The summed E-state index contributed by atoms with van der Waals surface area (Å²) in [5.74, 6) is 6.02. The summed E-state index contributed by atoms with van der Waals surface area (Å²) in [6, 6.07) is 6.10. The van der Waals surface area contributed by atoms with E-state index in [-0.39, 0.29) is 6.10 Å². The van der Waals surface area contributed by atoms with Gasteiger partial charge >= 0.3 is 0 Å². The number of nitrogens with zero attached hydrogens (tertiary/aromatic N) is 1. The van der Waals surface area contributed by atoms with Crippen molar-refractivity contribution in [3.05, 3.63) is 23.8 Å². The van der Waals surface area contributed by atoms with Crippen molar-refractivity contribution < 1.29 is 9.57 Å². The second-order valence-electron chi connectivity index (χ2n) is 3.88. The Kier molecular flexibility index (Phi) is 5.25. The predicted octanol–water partition coefficient (Wildman–Crippen LogP) is 2.49. The Morgan fingerprint density at radius 1 is 1.29 bits per heavy atom. The fourth-order valence-corrected chi connectivity index (χ4v) is 1.89. The first-order chi connectivity index (χ1) is 8.17. The van der Waals surface area contributed by atoms with Crippen LogP contribution >= 0.6 is 0 Å². The molecule has 0 saturated heterocycles. The van der Waals surface area contributed by atoms with Crippen molar-refractivity contribution in [3.8, 4) is 5.75 Å². The van der Waals surface area contributed by atoms with Crippen LogP contribution in [0.5, 0.6) is 5.75 Å². The van der Waals surface area contributed by atoms with Gasteiger partial charge in [0.15, 0.2) is 0 Å². The van der Waals surface area contributed by atoms with E-state index in [2.05, 4.69) is 24.8 Å². The zero-order valence-electron chi connectivity index (χ0n) is 11.1. The van der Waals surface area contributed by atoms with Crippen molar-refractivity contribution in [1.29, 1.82) is 0 Å². The Labute approximate surface area is 103 Å². The first-order valence-corrected chi connectivity index (χ1v) is 5.96. The van der Waals surface area contributed by atoms with Gasteiger partial charge in [-0.1, -0.05) is 6.07 Å². The maximum absolute atomic E-state index is 5.39. The van der Waals surface area contributed by atoms with Gasteiger partial charge in [-0.3, -0.25) is 4.84 Å². The van der Waals surface area contributed by atoms with Gasteiger partial charge in [-0.15, -0.1) is 0 Å². The van der Waals surface area contributed by atoms with Crippen LogP contribution in [0, 0.1) is 0 Å². The predicted molar refractivity (Wildman–Crippen MR) is 70.2 cm³/mol. The van der Waals surface area contributed by atoms with E-state index in [9.17, 15) is 0 Å². The molecule has 1 rings (SSSR count). The van der Waals surface area contributed by atoms with Crippen molar-refractivity contribution in [1.82, 2.24) is 0 Å². The molecule has 0 heterocycles. The Morgan fingerprint density at radius 3 is 2.41 bits per heavy atom.